The van der Waals surface area contributed by atoms with Crippen LogP contribution in [-0.4, -0.2) is 22.3 Å². The van der Waals surface area contributed by atoms with Crippen molar-refractivity contribution in [3.8, 4) is 0 Å². The molecule has 1 aromatic rings. The van der Waals surface area contributed by atoms with Crippen molar-refractivity contribution in [1.29, 1.82) is 0 Å². The van der Waals surface area contributed by atoms with Crippen molar-refractivity contribution in [3.63, 3.8) is 0 Å². The molecule has 0 N–H and O–H groups in total. The minimum absolute atomic E-state index is 0.0775. The highest BCUT2D eigenvalue weighted by Crippen LogP contribution is 2.16. The predicted octanol–water partition coefficient (Wildman–Crippen LogP) is 1.33. The second-order valence-electron chi connectivity index (χ2n) is 3.49. The largest absolute Gasteiger partial charge is 0.338 e. The second-order valence-corrected chi connectivity index (χ2v) is 3.49. The van der Waals surface area contributed by atoms with Gasteiger partial charge in [0.25, 0.3) is 5.69 Å². The number of nitro groups is 1. The van der Waals surface area contributed by atoms with E-state index < -0.39 is 4.92 Å². The SMILES string of the molecule is O=C1CCN1Cc1ccc([N+](=O)[O-])cc1. The van der Waals surface area contributed by atoms with Gasteiger partial charge in [0.05, 0.1) is 4.92 Å². The number of amides is 1. The number of carbonyl (C=O) groups is 1. The Labute approximate surface area is 86.5 Å². The molecular formula is C10H10N2O3. The molecule has 2 rings (SSSR count). The third-order valence-corrected chi connectivity index (χ3v) is 2.47. The molecule has 0 aromatic heterocycles. The van der Waals surface area contributed by atoms with Gasteiger partial charge in [0, 0.05) is 31.6 Å². The van der Waals surface area contributed by atoms with Crippen LogP contribution < -0.4 is 0 Å². The van der Waals surface area contributed by atoms with Crippen molar-refractivity contribution in [3.05, 3.63) is 39.9 Å². The van der Waals surface area contributed by atoms with E-state index in [1.54, 1.807) is 17.0 Å². The van der Waals surface area contributed by atoms with Crippen molar-refractivity contribution in [1.82, 2.24) is 4.90 Å². The molecule has 0 radical (unpaired) electrons. The third kappa shape index (κ3) is 1.96. The first-order chi connectivity index (χ1) is 7.16. The molecule has 0 atom stereocenters. The van der Waals surface area contributed by atoms with Crippen LogP contribution in [0.25, 0.3) is 0 Å². The Bertz CT molecular complexity index is 400. The number of benzene rings is 1. The summed E-state index contributed by atoms with van der Waals surface area (Å²) in [6.07, 6.45) is 0.618. The number of nitro benzene ring substituents is 1. The fourth-order valence-corrected chi connectivity index (χ4v) is 1.47. The maximum atomic E-state index is 11.0. The molecule has 15 heavy (non-hydrogen) atoms. The van der Waals surface area contributed by atoms with Gasteiger partial charge in [-0.15, -0.1) is 0 Å². The van der Waals surface area contributed by atoms with E-state index in [0.29, 0.717) is 13.0 Å². The van der Waals surface area contributed by atoms with Gasteiger partial charge in [-0.1, -0.05) is 12.1 Å². The van der Waals surface area contributed by atoms with Crippen LogP contribution >= 0.6 is 0 Å². The Morgan fingerprint density at radius 1 is 1.33 bits per heavy atom. The zero-order valence-corrected chi connectivity index (χ0v) is 8.05. The molecule has 1 fully saturated rings. The minimum Gasteiger partial charge on any atom is -0.338 e. The predicted molar refractivity (Wildman–Crippen MR) is 53.1 cm³/mol. The van der Waals surface area contributed by atoms with Gasteiger partial charge in [0.1, 0.15) is 0 Å². The minimum atomic E-state index is -0.432. The summed E-state index contributed by atoms with van der Waals surface area (Å²) in [5, 5.41) is 10.4. The second kappa shape index (κ2) is 3.68. The summed E-state index contributed by atoms with van der Waals surface area (Å²) in [5.41, 5.74) is 1.00. The highest BCUT2D eigenvalue weighted by Gasteiger charge is 2.23. The fourth-order valence-electron chi connectivity index (χ4n) is 1.47. The molecule has 0 saturated carbocycles. The van der Waals surface area contributed by atoms with Gasteiger partial charge in [-0.05, 0) is 5.56 Å². The lowest BCUT2D eigenvalue weighted by molar-refractivity contribution is -0.384. The van der Waals surface area contributed by atoms with E-state index in [1.807, 2.05) is 0 Å². The van der Waals surface area contributed by atoms with Gasteiger partial charge >= 0.3 is 0 Å². The Hall–Kier alpha value is -1.91. The van der Waals surface area contributed by atoms with Crippen molar-refractivity contribution in [2.75, 3.05) is 6.54 Å². The highest BCUT2D eigenvalue weighted by atomic mass is 16.6. The Balaban J connectivity index is 2.04. The molecule has 1 saturated heterocycles. The number of β-lactam (4-membered cyclic amide) rings is 1. The van der Waals surface area contributed by atoms with Crippen LogP contribution in [0.15, 0.2) is 24.3 Å². The summed E-state index contributed by atoms with van der Waals surface area (Å²) in [6.45, 7) is 1.34. The first kappa shape index (κ1) is 9.64. The van der Waals surface area contributed by atoms with Gasteiger partial charge < -0.3 is 4.90 Å². The number of hydrogen-bond donors (Lipinski definition) is 0. The van der Waals surface area contributed by atoms with Crippen LogP contribution in [0, 0.1) is 10.1 Å². The van der Waals surface area contributed by atoms with E-state index in [4.69, 9.17) is 0 Å². The summed E-state index contributed by atoms with van der Waals surface area (Å²) < 4.78 is 0. The normalized spacial score (nSPS) is 14.9. The van der Waals surface area contributed by atoms with Crippen molar-refractivity contribution >= 4 is 11.6 Å². The molecule has 1 amide bonds. The van der Waals surface area contributed by atoms with Crippen LogP contribution in [0.2, 0.25) is 0 Å². The molecule has 0 aliphatic carbocycles. The molecule has 1 aromatic carbocycles. The Kier molecular flexibility index (Phi) is 2.37. The highest BCUT2D eigenvalue weighted by molar-refractivity contribution is 5.81. The molecule has 1 heterocycles. The lowest BCUT2D eigenvalue weighted by Crippen LogP contribution is -2.42. The molecule has 1 aliphatic rings. The van der Waals surface area contributed by atoms with Crippen molar-refractivity contribution in [2.24, 2.45) is 0 Å². The topological polar surface area (TPSA) is 63.5 Å². The summed E-state index contributed by atoms with van der Waals surface area (Å²) in [7, 11) is 0. The lowest BCUT2D eigenvalue weighted by atomic mass is 10.1. The number of likely N-dealkylation sites (tertiary alicyclic amines) is 1. The van der Waals surface area contributed by atoms with Gasteiger partial charge in [-0.2, -0.15) is 0 Å². The molecule has 1 aliphatic heterocycles. The van der Waals surface area contributed by atoms with Crippen LogP contribution in [0.5, 0.6) is 0 Å². The van der Waals surface area contributed by atoms with E-state index >= 15 is 0 Å². The molecule has 0 unspecified atom stereocenters. The van der Waals surface area contributed by atoms with Gasteiger partial charge in [0.2, 0.25) is 5.91 Å². The van der Waals surface area contributed by atoms with E-state index in [2.05, 4.69) is 0 Å². The van der Waals surface area contributed by atoms with Crippen molar-refractivity contribution in [2.45, 2.75) is 13.0 Å². The van der Waals surface area contributed by atoms with Gasteiger partial charge in [-0.3, -0.25) is 14.9 Å². The monoisotopic (exact) mass is 206 g/mol. The zero-order chi connectivity index (χ0) is 10.8. The third-order valence-electron chi connectivity index (χ3n) is 2.47. The number of carbonyl (C=O) groups excluding carboxylic acids is 1. The zero-order valence-electron chi connectivity index (χ0n) is 8.05. The maximum Gasteiger partial charge on any atom is 0.269 e. The Morgan fingerprint density at radius 3 is 2.40 bits per heavy atom. The molecule has 78 valence electrons. The summed E-state index contributed by atoms with van der Waals surface area (Å²) in [6, 6.07) is 6.28. The number of non-ortho nitro benzene ring substituents is 1. The van der Waals surface area contributed by atoms with E-state index in [9.17, 15) is 14.9 Å². The number of rotatable bonds is 3. The van der Waals surface area contributed by atoms with Gasteiger partial charge in [0.15, 0.2) is 0 Å². The number of nitrogens with zero attached hydrogens (tertiary/aromatic N) is 2. The van der Waals surface area contributed by atoms with E-state index in [0.717, 1.165) is 12.1 Å². The van der Waals surface area contributed by atoms with Crippen molar-refractivity contribution < 1.29 is 9.72 Å². The van der Waals surface area contributed by atoms with Crippen LogP contribution in [0.4, 0.5) is 5.69 Å². The maximum absolute atomic E-state index is 11.0. The first-order valence-corrected chi connectivity index (χ1v) is 4.68. The van der Waals surface area contributed by atoms with Gasteiger partial charge in [-0.25, -0.2) is 0 Å². The molecule has 5 nitrogen and oxygen atoms in total. The van der Waals surface area contributed by atoms with Crippen LogP contribution in [0.1, 0.15) is 12.0 Å². The fraction of sp³-hybridized carbons (Fsp3) is 0.300. The molecule has 5 heteroatoms. The van der Waals surface area contributed by atoms with E-state index in [1.165, 1.54) is 12.1 Å². The lowest BCUT2D eigenvalue weighted by Gasteiger charge is -2.30. The quantitative estimate of drug-likeness (QED) is 0.425. The molecule has 0 spiro atoms. The summed E-state index contributed by atoms with van der Waals surface area (Å²) in [4.78, 5) is 22.7. The standard InChI is InChI=1S/C10H10N2O3/c13-10-5-6-11(10)7-8-1-3-9(4-2-8)12(14)15/h1-4H,5-7H2. The average molecular weight is 206 g/mol. The summed E-state index contributed by atoms with van der Waals surface area (Å²) in [5.74, 6) is 0.147. The van der Waals surface area contributed by atoms with Crippen LogP contribution in [0.3, 0.4) is 0 Å². The first-order valence-electron chi connectivity index (χ1n) is 4.68. The smallest absolute Gasteiger partial charge is 0.269 e. The van der Waals surface area contributed by atoms with Crippen LogP contribution in [-0.2, 0) is 11.3 Å². The average Bonchev–Trinajstić information content (AvgIpc) is 2.24. The number of hydrogen-bond acceptors (Lipinski definition) is 3. The Morgan fingerprint density at radius 2 is 2.00 bits per heavy atom. The van der Waals surface area contributed by atoms with E-state index in [-0.39, 0.29) is 11.6 Å². The summed E-state index contributed by atoms with van der Waals surface area (Å²) >= 11 is 0. The molecule has 0 bridgehead atoms. The molecular weight excluding hydrogens is 196 g/mol.